The van der Waals surface area contributed by atoms with Crippen molar-refractivity contribution in [3.63, 3.8) is 0 Å². The van der Waals surface area contributed by atoms with Gasteiger partial charge in [0.05, 0.1) is 5.25 Å². The zero-order valence-electron chi connectivity index (χ0n) is 11.4. The predicted octanol–water partition coefficient (Wildman–Crippen LogP) is 2.17. The minimum absolute atomic E-state index is 0.0897. The van der Waals surface area contributed by atoms with E-state index in [0.717, 1.165) is 16.0 Å². The number of anilines is 1. The van der Waals surface area contributed by atoms with Gasteiger partial charge in [-0.2, -0.15) is 0 Å². The number of nitrogens with zero attached hydrogens (tertiary/aromatic N) is 3. The van der Waals surface area contributed by atoms with Crippen molar-refractivity contribution in [2.45, 2.75) is 30.4 Å². The van der Waals surface area contributed by atoms with Gasteiger partial charge in [-0.25, -0.2) is 0 Å². The largest absolute Gasteiger partial charge is 0.360 e. The van der Waals surface area contributed by atoms with E-state index in [1.165, 1.54) is 23.1 Å². The van der Waals surface area contributed by atoms with Crippen LogP contribution in [0.5, 0.6) is 0 Å². The summed E-state index contributed by atoms with van der Waals surface area (Å²) in [5, 5.41) is 12.0. The average molecular weight is 288 g/mol. The second-order valence-electron chi connectivity index (χ2n) is 4.64. The maximum absolute atomic E-state index is 11.7. The van der Waals surface area contributed by atoms with Crippen LogP contribution in [0.3, 0.4) is 0 Å². The zero-order chi connectivity index (χ0) is 13.7. The Morgan fingerprint density at radius 3 is 2.61 bits per heavy atom. The zero-order valence-corrected chi connectivity index (χ0v) is 13.1. The van der Waals surface area contributed by atoms with Crippen molar-refractivity contribution in [3.05, 3.63) is 0 Å². The minimum Gasteiger partial charge on any atom is -0.360 e. The van der Waals surface area contributed by atoms with E-state index in [-0.39, 0.29) is 11.2 Å². The van der Waals surface area contributed by atoms with Crippen molar-refractivity contribution < 1.29 is 4.79 Å². The Morgan fingerprint density at radius 1 is 1.39 bits per heavy atom. The van der Waals surface area contributed by atoms with Crippen LogP contribution in [0.15, 0.2) is 4.34 Å². The van der Waals surface area contributed by atoms with Crippen LogP contribution in [0.2, 0.25) is 0 Å². The topological polar surface area (TPSA) is 58.1 Å². The SMILES string of the molecule is CC(C)CNc1nnc(S[C@@H](C)C(=O)N(C)C)s1. The summed E-state index contributed by atoms with van der Waals surface area (Å²) in [6.07, 6.45) is 0. The van der Waals surface area contributed by atoms with E-state index in [2.05, 4.69) is 29.4 Å². The van der Waals surface area contributed by atoms with Crippen molar-refractivity contribution in [3.8, 4) is 0 Å². The van der Waals surface area contributed by atoms with E-state index < -0.39 is 0 Å². The predicted molar refractivity (Wildman–Crippen MR) is 77.2 cm³/mol. The molecular weight excluding hydrogens is 268 g/mol. The van der Waals surface area contributed by atoms with E-state index in [1.54, 1.807) is 19.0 Å². The van der Waals surface area contributed by atoms with Gasteiger partial charge in [0, 0.05) is 20.6 Å². The molecule has 0 aliphatic carbocycles. The molecule has 0 unspecified atom stereocenters. The van der Waals surface area contributed by atoms with Gasteiger partial charge < -0.3 is 10.2 Å². The third-order valence-electron chi connectivity index (χ3n) is 2.13. The number of carbonyl (C=O) groups is 1. The maximum atomic E-state index is 11.7. The number of nitrogens with one attached hydrogen (secondary N) is 1. The molecule has 0 saturated heterocycles. The third-order valence-corrected chi connectivity index (χ3v) is 4.19. The normalized spacial score (nSPS) is 12.6. The van der Waals surface area contributed by atoms with Crippen LogP contribution in [0, 0.1) is 5.92 Å². The molecule has 18 heavy (non-hydrogen) atoms. The number of hydrogen-bond donors (Lipinski definition) is 1. The summed E-state index contributed by atoms with van der Waals surface area (Å²) < 4.78 is 0.823. The van der Waals surface area contributed by atoms with Crippen LogP contribution < -0.4 is 5.32 Å². The lowest BCUT2D eigenvalue weighted by atomic mass is 10.2. The van der Waals surface area contributed by atoms with Gasteiger partial charge in [-0.05, 0) is 12.8 Å². The number of thioether (sulfide) groups is 1. The average Bonchev–Trinajstić information content (AvgIpc) is 2.72. The van der Waals surface area contributed by atoms with Crippen molar-refractivity contribution in [2.75, 3.05) is 26.0 Å². The van der Waals surface area contributed by atoms with Crippen LogP contribution >= 0.6 is 23.1 Å². The molecule has 1 rings (SSSR count). The second-order valence-corrected chi connectivity index (χ2v) is 7.21. The minimum atomic E-state index is -0.133. The molecule has 1 N–H and O–H groups in total. The highest BCUT2D eigenvalue weighted by atomic mass is 32.2. The van der Waals surface area contributed by atoms with Crippen molar-refractivity contribution >= 4 is 34.1 Å². The van der Waals surface area contributed by atoms with Crippen molar-refractivity contribution in [2.24, 2.45) is 5.92 Å². The molecule has 0 fully saturated rings. The van der Waals surface area contributed by atoms with Crippen molar-refractivity contribution in [1.82, 2.24) is 15.1 Å². The molecule has 1 aromatic rings. The molecule has 0 aliphatic heterocycles. The van der Waals surface area contributed by atoms with Gasteiger partial charge in [-0.3, -0.25) is 4.79 Å². The van der Waals surface area contributed by atoms with Gasteiger partial charge in [0.15, 0.2) is 4.34 Å². The fraction of sp³-hybridized carbons (Fsp3) is 0.727. The van der Waals surface area contributed by atoms with E-state index >= 15 is 0 Å². The van der Waals surface area contributed by atoms with Crippen LogP contribution in [-0.2, 0) is 4.79 Å². The highest BCUT2D eigenvalue weighted by Gasteiger charge is 2.18. The molecule has 5 nitrogen and oxygen atoms in total. The summed E-state index contributed by atoms with van der Waals surface area (Å²) in [5.41, 5.74) is 0. The van der Waals surface area contributed by atoms with Crippen molar-refractivity contribution in [1.29, 1.82) is 0 Å². The molecule has 1 aromatic heterocycles. The smallest absolute Gasteiger partial charge is 0.235 e. The van der Waals surface area contributed by atoms with Gasteiger partial charge in [-0.15, -0.1) is 10.2 Å². The Kier molecular flexibility index (Phi) is 5.87. The number of amides is 1. The molecular formula is C11H20N4OS2. The third kappa shape index (κ3) is 4.81. The first-order valence-corrected chi connectivity index (χ1v) is 7.55. The van der Waals surface area contributed by atoms with Gasteiger partial charge in [0.2, 0.25) is 11.0 Å². The molecule has 7 heteroatoms. The summed E-state index contributed by atoms with van der Waals surface area (Å²) in [5.74, 6) is 0.658. The van der Waals surface area contributed by atoms with Gasteiger partial charge >= 0.3 is 0 Å². The Bertz CT molecular complexity index is 392. The van der Waals surface area contributed by atoms with Gasteiger partial charge in [0.25, 0.3) is 0 Å². The highest BCUT2D eigenvalue weighted by molar-refractivity contribution is 8.02. The summed E-state index contributed by atoms with van der Waals surface area (Å²) >= 11 is 2.94. The highest BCUT2D eigenvalue weighted by Crippen LogP contribution is 2.29. The molecule has 0 bridgehead atoms. The molecule has 0 saturated carbocycles. The number of hydrogen-bond acceptors (Lipinski definition) is 6. The lowest BCUT2D eigenvalue weighted by Crippen LogP contribution is -2.29. The van der Waals surface area contributed by atoms with Crippen LogP contribution in [0.4, 0.5) is 5.13 Å². The first-order chi connectivity index (χ1) is 8.40. The maximum Gasteiger partial charge on any atom is 0.235 e. The molecule has 102 valence electrons. The molecule has 1 amide bonds. The Morgan fingerprint density at radius 2 is 2.06 bits per heavy atom. The fourth-order valence-corrected chi connectivity index (χ4v) is 3.23. The van der Waals surface area contributed by atoms with Crippen LogP contribution in [0.25, 0.3) is 0 Å². The molecule has 0 aromatic carbocycles. The van der Waals surface area contributed by atoms with E-state index in [9.17, 15) is 4.79 Å². The molecule has 0 spiro atoms. The summed E-state index contributed by atoms with van der Waals surface area (Å²) in [6.45, 7) is 7.05. The molecule has 1 heterocycles. The summed E-state index contributed by atoms with van der Waals surface area (Å²) in [7, 11) is 3.52. The Balaban J connectivity index is 2.51. The molecule has 0 aliphatic rings. The lowest BCUT2D eigenvalue weighted by molar-refractivity contribution is -0.127. The van der Waals surface area contributed by atoms with E-state index in [4.69, 9.17) is 0 Å². The number of rotatable bonds is 6. The molecule has 1 atom stereocenters. The first-order valence-electron chi connectivity index (χ1n) is 5.85. The lowest BCUT2D eigenvalue weighted by Gasteiger charge is -2.14. The van der Waals surface area contributed by atoms with Crippen LogP contribution in [-0.4, -0.2) is 46.9 Å². The van der Waals surface area contributed by atoms with E-state index in [1.807, 2.05) is 6.92 Å². The van der Waals surface area contributed by atoms with Gasteiger partial charge in [-0.1, -0.05) is 36.9 Å². The van der Waals surface area contributed by atoms with Gasteiger partial charge in [0.1, 0.15) is 0 Å². The Labute approximate surface area is 116 Å². The Hall–Kier alpha value is -0.820. The van der Waals surface area contributed by atoms with Crippen LogP contribution in [0.1, 0.15) is 20.8 Å². The van der Waals surface area contributed by atoms with E-state index in [0.29, 0.717) is 5.92 Å². The summed E-state index contributed by atoms with van der Waals surface area (Å²) in [6, 6.07) is 0. The fourth-order valence-electron chi connectivity index (χ4n) is 1.19. The first kappa shape index (κ1) is 15.2. The quantitative estimate of drug-likeness (QED) is 0.813. The number of aromatic nitrogens is 2. The monoisotopic (exact) mass is 288 g/mol. The standard InChI is InChI=1S/C11H20N4OS2/c1-7(2)6-12-10-13-14-11(18-10)17-8(3)9(16)15(4)5/h7-8H,6H2,1-5H3,(H,12,13)/t8-/m0/s1. The number of carbonyl (C=O) groups excluding carboxylic acids is 1. The second kappa shape index (κ2) is 6.94. The summed E-state index contributed by atoms with van der Waals surface area (Å²) in [4.78, 5) is 13.3. The molecule has 0 radical (unpaired) electrons.